The number of hydrogen-bond donors (Lipinski definition) is 2. The van der Waals surface area contributed by atoms with Gasteiger partial charge in [-0.15, -0.1) is 0 Å². The average Bonchev–Trinajstić information content (AvgIpc) is 3.30. The molecule has 0 saturated heterocycles. The summed E-state index contributed by atoms with van der Waals surface area (Å²) < 4.78 is 11.3. The summed E-state index contributed by atoms with van der Waals surface area (Å²) in [6.45, 7) is 2.53. The van der Waals surface area contributed by atoms with Gasteiger partial charge in [-0.3, -0.25) is 9.78 Å². The van der Waals surface area contributed by atoms with Crippen molar-refractivity contribution in [2.75, 3.05) is 14.2 Å². The maximum atomic E-state index is 13.1. The van der Waals surface area contributed by atoms with Crippen molar-refractivity contribution < 1.29 is 14.3 Å². The molecule has 4 aromatic rings. The van der Waals surface area contributed by atoms with Gasteiger partial charge in [0.25, 0.3) is 0 Å². The molecule has 0 fully saturated rings. The van der Waals surface area contributed by atoms with E-state index in [0.717, 1.165) is 34.1 Å². The lowest BCUT2D eigenvalue weighted by atomic mass is 9.86. The van der Waals surface area contributed by atoms with E-state index in [0.29, 0.717) is 18.0 Å². The van der Waals surface area contributed by atoms with Crippen molar-refractivity contribution in [1.29, 1.82) is 0 Å². The topological polar surface area (TPSA) is 76.2 Å². The summed E-state index contributed by atoms with van der Waals surface area (Å²) >= 11 is 0. The molecule has 2 aromatic heterocycles. The fourth-order valence-electron chi connectivity index (χ4n) is 4.34. The summed E-state index contributed by atoms with van der Waals surface area (Å²) in [5, 5.41) is 4.13. The Balaban J connectivity index is 1.73. The molecule has 1 atom stereocenters. The van der Waals surface area contributed by atoms with Crippen LogP contribution in [0, 0.1) is 0 Å². The molecule has 6 heteroatoms. The van der Waals surface area contributed by atoms with Crippen molar-refractivity contribution in [2.24, 2.45) is 0 Å². The maximum absolute atomic E-state index is 13.1. The van der Waals surface area contributed by atoms with E-state index in [1.165, 1.54) is 5.56 Å². The Hall–Kier alpha value is -3.80. The number of amides is 1. The van der Waals surface area contributed by atoms with E-state index in [1.54, 1.807) is 20.4 Å². The predicted octanol–water partition coefficient (Wildman–Crippen LogP) is 4.98. The van der Waals surface area contributed by atoms with Crippen LogP contribution in [0.25, 0.3) is 10.9 Å². The second kappa shape index (κ2) is 10.2. The first kappa shape index (κ1) is 22.4. The highest BCUT2D eigenvalue weighted by Gasteiger charge is 2.26. The molecule has 1 amide bonds. The summed E-state index contributed by atoms with van der Waals surface area (Å²) in [5.74, 6) is 1.00. The number of methoxy groups -OCH3 is 2. The highest BCUT2D eigenvalue weighted by Crippen LogP contribution is 2.42. The van der Waals surface area contributed by atoms with Gasteiger partial charge in [0.1, 0.15) is 0 Å². The number of para-hydroxylation sites is 2. The number of hydrogen-bond acceptors (Lipinski definition) is 4. The van der Waals surface area contributed by atoms with Gasteiger partial charge >= 0.3 is 0 Å². The molecule has 2 N–H and O–H groups in total. The number of carbonyl (C=O) groups is 1. The van der Waals surface area contributed by atoms with Crippen LogP contribution in [0.15, 0.2) is 67.0 Å². The van der Waals surface area contributed by atoms with Crippen LogP contribution in [0.1, 0.15) is 41.6 Å². The van der Waals surface area contributed by atoms with E-state index in [9.17, 15) is 4.79 Å². The summed E-state index contributed by atoms with van der Waals surface area (Å²) in [7, 11) is 3.25. The van der Waals surface area contributed by atoms with Crippen molar-refractivity contribution >= 4 is 16.8 Å². The number of fused-ring (bicyclic) bond motifs is 1. The van der Waals surface area contributed by atoms with Crippen molar-refractivity contribution in [1.82, 2.24) is 15.3 Å². The van der Waals surface area contributed by atoms with E-state index in [-0.39, 0.29) is 18.2 Å². The summed E-state index contributed by atoms with van der Waals surface area (Å²) in [5.41, 5.74) is 5.14. The lowest BCUT2D eigenvalue weighted by Gasteiger charge is -2.21. The summed E-state index contributed by atoms with van der Waals surface area (Å²) in [4.78, 5) is 20.8. The quantitative estimate of drug-likeness (QED) is 0.382. The number of rotatable bonds is 9. The van der Waals surface area contributed by atoms with Crippen molar-refractivity contribution in [2.45, 2.75) is 32.2 Å². The van der Waals surface area contributed by atoms with Gasteiger partial charge < -0.3 is 19.8 Å². The van der Waals surface area contributed by atoms with Crippen LogP contribution in [0.2, 0.25) is 0 Å². The molecule has 1 unspecified atom stereocenters. The lowest BCUT2D eigenvalue weighted by Crippen LogP contribution is -2.25. The number of benzene rings is 2. The minimum Gasteiger partial charge on any atom is -0.493 e. The number of nitrogens with one attached hydrogen (secondary N) is 2. The number of aryl methyl sites for hydroxylation is 1. The monoisotopic (exact) mass is 443 g/mol. The second-order valence-corrected chi connectivity index (χ2v) is 7.87. The van der Waals surface area contributed by atoms with Crippen molar-refractivity contribution in [3.63, 3.8) is 0 Å². The van der Waals surface area contributed by atoms with Crippen LogP contribution in [0.3, 0.4) is 0 Å². The Morgan fingerprint density at radius 3 is 2.61 bits per heavy atom. The third kappa shape index (κ3) is 4.70. The Kier molecular flexibility index (Phi) is 6.93. The van der Waals surface area contributed by atoms with E-state index < -0.39 is 0 Å². The molecule has 0 radical (unpaired) electrons. The smallest absolute Gasteiger partial charge is 0.221 e. The largest absolute Gasteiger partial charge is 0.493 e. The van der Waals surface area contributed by atoms with E-state index in [4.69, 9.17) is 9.47 Å². The van der Waals surface area contributed by atoms with Crippen LogP contribution in [-0.4, -0.2) is 30.1 Å². The minimum atomic E-state index is -0.223. The molecular weight excluding hydrogens is 414 g/mol. The molecule has 2 aromatic carbocycles. The number of H-pyrrole nitrogens is 1. The van der Waals surface area contributed by atoms with Crippen LogP contribution in [0.5, 0.6) is 11.5 Å². The zero-order valence-electron chi connectivity index (χ0n) is 19.2. The molecule has 6 nitrogen and oxygen atoms in total. The van der Waals surface area contributed by atoms with Gasteiger partial charge in [0, 0.05) is 41.2 Å². The van der Waals surface area contributed by atoms with Crippen LogP contribution in [0.4, 0.5) is 0 Å². The molecule has 2 heterocycles. The predicted molar refractivity (Wildman–Crippen MR) is 130 cm³/mol. The number of aromatic nitrogens is 2. The van der Waals surface area contributed by atoms with Gasteiger partial charge in [-0.2, -0.15) is 0 Å². The SMILES string of the molecule is CCc1cccc2c(C(CC(=O)NCc3ccccn3)c3cccc(OC)c3OC)c[nH]c12. The molecular formula is C27H29N3O3. The molecule has 0 aliphatic rings. The van der Waals surface area contributed by atoms with E-state index in [1.807, 2.05) is 42.6 Å². The molecule has 0 spiro atoms. The van der Waals surface area contributed by atoms with Gasteiger partial charge in [0.2, 0.25) is 5.91 Å². The minimum absolute atomic E-state index is 0.0588. The lowest BCUT2D eigenvalue weighted by molar-refractivity contribution is -0.121. The Bertz CT molecular complexity index is 1230. The van der Waals surface area contributed by atoms with Crippen LogP contribution < -0.4 is 14.8 Å². The van der Waals surface area contributed by atoms with E-state index >= 15 is 0 Å². The Morgan fingerprint density at radius 1 is 1.03 bits per heavy atom. The van der Waals surface area contributed by atoms with Crippen molar-refractivity contribution in [3.05, 3.63) is 89.4 Å². The van der Waals surface area contributed by atoms with Gasteiger partial charge in [-0.05, 0) is 35.7 Å². The zero-order valence-corrected chi connectivity index (χ0v) is 19.2. The second-order valence-electron chi connectivity index (χ2n) is 7.87. The molecule has 4 rings (SSSR count). The third-order valence-corrected chi connectivity index (χ3v) is 5.98. The van der Waals surface area contributed by atoms with Gasteiger partial charge in [0.15, 0.2) is 11.5 Å². The van der Waals surface area contributed by atoms with Crippen LogP contribution >= 0.6 is 0 Å². The molecule has 0 aliphatic carbocycles. The number of nitrogens with zero attached hydrogens (tertiary/aromatic N) is 1. The number of pyridine rings is 1. The normalized spacial score (nSPS) is 11.8. The fourth-order valence-corrected chi connectivity index (χ4v) is 4.34. The summed E-state index contributed by atoms with van der Waals surface area (Å²) in [6.07, 6.45) is 4.93. The number of carbonyl (C=O) groups excluding carboxylic acids is 1. The van der Waals surface area contributed by atoms with Gasteiger partial charge in [0.05, 0.1) is 26.5 Å². The van der Waals surface area contributed by atoms with Crippen LogP contribution in [-0.2, 0) is 17.8 Å². The first-order chi connectivity index (χ1) is 16.2. The maximum Gasteiger partial charge on any atom is 0.221 e. The standard InChI is InChI=1S/C27H29N3O3/c1-4-18-9-7-11-20-23(17-30-26(18)20)22(21-12-8-13-24(32-2)27(21)33-3)15-25(31)29-16-19-10-5-6-14-28-19/h5-14,17,22,30H,4,15-16H2,1-3H3,(H,29,31). The highest BCUT2D eigenvalue weighted by molar-refractivity contribution is 5.88. The van der Waals surface area contributed by atoms with Gasteiger partial charge in [-0.1, -0.05) is 43.3 Å². The fraction of sp³-hybridized carbons (Fsp3) is 0.259. The Labute approximate surface area is 194 Å². The highest BCUT2D eigenvalue weighted by atomic mass is 16.5. The molecule has 0 saturated carbocycles. The third-order valence-electron chi connectivity index (χ3n) is 5.98. The first-order valence-corrected chi connectivity index (χ1v) is 11.1. The Morgan fingerprint density at radius 2 is 1.88 bits per heavy atom. The molecule has 0 aliphatic heterocycles. The van der Waals surface area contributed by atoms with Crippen molar-refractivity contribution in [3.8, 4) is 11.5 Å². The number of aromatic amines is 1. The van der Waals surface area contributed by atoms with Gasteiger partial charge in [-0.25, -0.2) is 0 Å². The molecule has 33 heavy (non-hydrogen) atoms. The molecule has 0 bridgehead atoms. The molecule has 170 valence electrons. The zero-order chi connectivity index (χ0) is 23.2. The summed E-state index contributed by atoms with van der Waals surface area (Å²) in [6, 6.07) is 17.8. The first-order valence-electron chi connectivity index (χ1n) is 11.1. The average molecular weight is 444 g/mol. The van der Waals surface area contributed by atoms with E-state index in [2.05, 4.69) is 40.4 Å². The number of ether oxygens (including phenoxy) is 2.